The van der Waals surface area contributed by atoms with Crippen LogP contribution in [-0.4, -0.2) is 23.5 Å². The van der Waals surface area contributed by atoms with Gasteiger partial charge in [-0.15, -0.1) is 0 Å². The number of halogens is 2. The molecular formula is C15H10Cl2O4. The van der Waals surface area contributed by atoms with E-state index in [1.54, 1.807) is 18.2 Å². The molecule has 0 atom stereocenters. The standard InChI is InChI=1S/C15H10Cl2O4/c16-9-5-6-11(13(18)7-9)15(20)21-8-14(19)10-3-1-2-4-12(10)17/h1-7,18H,8H2. The zero-order chi connectivity index (χ0) is 15.4. The molecule has 0 aliphatic rings. The van der Waals surface area contributed by atoms with Crippen LogP contribution in [0.1, 0.15) is 20.7 Å². The molecule has 21 heavy (non-hydrogen) atoms. The fourth-order valence-electron chi connectivity index (χ4n) is 1.65. The van der Waals surface area contributed by atoms with Gasteiger partial charge in [-0.2, -0.15) is 0 Å². The summed E-state index contributed by atoms with van der Waals surface area (Å²) in [6, 6.07) is 10.4. The average Bonchev–Trinajstić information content (AvgIpc) is 2.45. The third-order valence-electron chi connectivity index (χ3n) is 2.69. The van der Waals surface area contributed by atoms with Crippen molar-refractivity contribution in [3.63, 3.8) is 0 Å². The van der Waals surface area contributed by atoms with Crippen molar-refractivity contribution >= 4 is 35.0 Å². The minimum absolute atomic E-state index is 0.0636. The lowest BCUT2D eigenvalue weighted by atomic mass is 10.1. The van der Waals surface area contributed by atoms with Gasteiger partial charge >= 0.3 is 5.97 Å². The first kappa shape index (κ1) is 15.4. The molecule has 0 unspecified atom stereocenters. The normalized spacial score (nSPS) is 10.2. The fraction of sp³-hybridized carbons (Fsp3) is 0.0667. The number of esters is 1. The lowest BCUT2D eigenvalue weighted by molar-refractivity contribution is 0.0472. The number of hydrogen-bond acceptors (Lipinski definition) is 4. The molecule has 108 valence electrons. The van der Waals surface area contributed by atoms with E-state index >= 15 is 0 Å². The highest BCUT2D eigenvalue weighted by Gasteiger charge is 2.16. The summed E-state index contributed by atoms with van der Waals surface area (Å²) < 4.78 is 4.87. The Morgan fingerprint density at radius 3 is 2.43 bits per heavy atom. The van der Waals surface area contributed by atoms with Gasteiger partial charge in [0.2, 0.25) is 5.78 Å². The maximum absolute atomic E-state index is 11.9. The van der Waals surface area contributed by atoms with Crippen LogP contribution in [0, 0.1) is 0 Å². The molecule has 0 radical (unpaired) electrons. The molecule has 0 heterocycles. The molecule has 2 aromatic carbocycles. The van der Waals surface area contributed by atoms with Crippen LogP contribution < -0.4 is 0 Å². The van der Waals surface area contributed by atoms with Gasteiger partial charge in [0.15, 0.2) is 6.61 Å². The quantitative estimate of drug-likeness (QED) is 0.687. The Balaban J connectivity index is 2.04. The van der Waals surface area contributed by atoms with E-state index in [-0.39, 0.29) is 26.9 Å². The molecule has 1 N–H and O–H groups in total. The maximum atomic E-state index is 11.9. The number of phenols is 1. The number of hydrogen-bond donors (Lipinski definition) is 1. The summed E-state index contributed by atoms with van der Waals surface area (Å²) in [5.41, 5.74) is 0.207. The number of Topliss-reactive ketones (excluding diaryl/α,β-unsaturated/α-hetero) is 1. The van der Waals surface area contributed by atoms with Gasteiger partial charge in [-0.1, -0.05) is 35.3 Å². The van der Waals surface area contributed by atoms with Gasteiger partial charge in [0.25, 0.3) is 0 Å². The molecule has 0 saturated carbocycles. The Bertz CT molecular complexity index is 698. The molecular weight excluding hydrogens is 315 g/mol. The largest absolute Gasteiger partial charge is 0.507 e. The minimum atomic E-state index is -0.815. The Hall–Kier alpha value is -2.04. The van der Waals surface area contributed by atoms with Crippen LogP contribution in [0.5, 0.6) is 5.75 Å². The zero-order valence-corrected chi connectivity index (χ0v) is 12.2. The fourth-order valence-corrected chi connectivity index (χ4v) is 2.06. The number of benzene rings is 2. The highest BCUT2D eigenvalue weighted by atomic mass is 35.5. The SMILES string of the molecule is O=C(OCC(=O)c1ccccc1Cl)c1ccc(Cl)cc1O. The van der Waals surface area contributed by atoms with Crippen LogP contribution in [0.3, 0.4) is 0 Å². The third-order valence-corrected chi connectivity index (χ3v) is 3.25. The molecule has 0 fully saturated rings. The van der Waals surface area contributed by atoms with E-state index in [1.807, 2.05) is 0 Å². The zero-order valence-electron chi connectivity index (χ0n) is 10.7. The van der Waals surface area contributed by atoms with E-state index in [9.17, 15) is 14.7 Å². The van der Waals surface area contributed by atoms with Crippen LogP contribution >= 0.6 is 23.2 Å². The molecule has 0 aliphatic heterocycles. The number of carbonyl (C=O) groups is 2. The second-order valence-corrected chi connectivity index (χ2v) is 4.98. The summed E-state index contributed by atoms with van der Waals surface area (Å²) in [5, 5.41) is 10.2. The first-order valence-electron chi connectivity index (χ1n) is 5.92. The number of aromatic hydroxyl groups is 1. The van der Waals surface area contributed by atoms with E-state index in [1.165, 1.54) is 24.3 Å². The number of carbonyl (C=O) groups excluding carboxylic acids is 2. The van der Waals surface area contributed by atoms with Crippen LogP contribution in [-0.2, 0) is 4.74 Å². The van der Waals surface area contributed by atoms with Crippen molar-refractivity contribution in [1.29, 1.82) is 0 Å². The summed E-state index contributed by atoms with van der Waals surface area (Å²) in [7, 11) is 0. The number of phenolic OH excluding ortho intramolecular Hbond substituents is 1. The van der Waals surface area contributed by atoms with E-state index in [0.717, 1.165) is 0 Å². The molecule has 0 spiro atoms. The lowest BCUT2D eigenvalue weighted by Crippen LogP contribution is -2.14. The Labute approximate surface area is 130 Å². The first-order chi connectivity index (χ1) is 9.99. The van der Waals surface area contributed by atoms with Crippen LogP contribution in [0.2, 0.25) is 10.0 Å². The predicted octanol–water partition coefficient (Wildman–Crippen LogP) is 3.74. The van der Waals surface area contributed by atoms with Crippen molar-refractivity contribution in [3.8, 4) is 5.75 Å². The van der Waals surface area contributed by atoms with Crippen LogP contribution in [0.4, 0.5) is 0 Å². The number of rotatable bonds is 4. The number of ether oxygens (including phenoxy) is 1. The summed E-state index contributed by atoms with van der Waals surface area (Å²) in [6.07, 6.45) is 0. The van der Waals surface area contributed by atoms with Gasteiger partial charge in [0.1, 0.15) is 11.3 Å². The molecule has 0 aliphatic carbocycles. The van der Waals surface area contributed by atoms with Crippen LogP contribution in [0.15, 0.2) is 42.5 Å². The molecule has 0 aromatic heterocycles. The number of ketones is 1. The molecule has 6 heteroatoms. The van der Waals surface area contributed by atoms with Crippen molar-refractivity contribution in [2.24, 2.45) is 0 Å². The molecule has 0 saturated heterocycles. The Morgan fingerprint density at radius 1 is 1.05 bits per heavy atom. The third kappa shape index (κ3) is 3.74. The summed E-state index contributed by atoms with van der Waals surface area (Å²) in [4.78, 5) is 23.7. The highest BCUT2D eigenvalue weighted by molar-refractivity contribution is 6.34. The molecule has 2 rings (SSSR count). The van der Waals surface area contributed by atoms with E-state index in [0.29, 0.717) is 0 Å². The highest BCUT2D eigenvalue weighted by Crippen LogP contribution is 2.23. The molecule has 4 nitrogen and oxygen atoms in total. The smallest absolute Gasteiger partial charge is 0.342 e. The van der Waals surface area contributed by atoms with Gasteiger partial charge in [-0.05, 0) is 30.3 Å². The molecule has 0 bridgehead atoms. The van der Waals surface area contributed by atoms with Gasteiger partial charge < -0.3 is 9.84 Å². The van der Waals surface area contributed by atoms with Gasteiger partial charge in [-0.3, -0.25) is 4.79 Å². The van der Waals surface area contributed by atoms with Gasteiger partial charge in [-0.25, -0.2) is 4.79 Å². The summed E-state index contributed by atoms with van der Waals surface area (Å²) >= 11 is 11.5. The van der Waals surface area contributed by atoms with Gasteiger partial charge in [0.05, 0.1) is 5.02 Å². The van der Waals surface area contributed by atoms with Gasteiger partial charge in [0, 0.05) is 10.6 Å². The van der Waals surface area contributed by atoms with Crippen molar-refractivity contribution in [3.05, 3.63) is 63.6 Å². The summed E-state index contributed by atoms with van der Waals surface area (Å²) in [5.74, 6) is -1.55. The van der Waals surface area contributed by atoms with E-state index in [4.69, 9.17) is 27.9 Å². The van der Waals surface area contributed by atoms with Crippen molar-refractivity contribution in [2.45, 2.75) is 0 Å². The first-order valence-corrected chi connectivity index (χ1v) is 6.68. The molecule has 2 aromatic rings. The van der Waals surface area contributed by atoms with Crippen molar-refractivity contribution < 1.29 is 19.4 Å². The molecule has 0 amide bonds. The second-order valence-electron chi connectivity index (χ2n) is 4.14. The van der Waals surface area contributed by atoms with Crippen molar-refractivity contribution in [1.82, 2.24) is 0 Å². The average molecular weight is 325 g/mol. The van der Waals surface area contributed by atoms with Crippen LogP contribution in [0.25, 0.3) is 0 Å². The Kier molecular flexibility index (Phi) is 4.83. The minimum Gasteiger partial charge on any atom is -0.507 e. The monoisotopic (exact) mass is 324 g/mol. The van der Waals surface area contributed by atoms with E-state index < -0.39 is 18.4 Å². The predicted molar refractivity (Wildman–Crippen MR) is 79.2 cm³/mol. The van der Waals surface area contributed by atoms with Crippen molar-refractivity contribution in [2.75, 3.05) is 6.61 Å². The summed E-state index contributed by atoms with van der Waals surface area (Å²) in [6.45, 7) is -0.468. The van der Waals surface area contributed by atoms with E-state index in [2.05, 4.69) is 0 Å². The topological polar surface area (TPSA) is 63.6 Å². The lowest BCUT2D eigenvalue weighted by Gasteiger charge is -2.07. The second kappa shape index (κ2) is 6.61. The maximum Gasteiger partial charge on any atom is 0.342 e. The Morgan fingerprint density at radius 2 is 1.76 bits per heavy atom.